The van der Waals surface area contributed by atoms with Crippen molar-refractivity contribution < 1.29 is 15.3 Å². The predicted molar refractivity (Wildman–Crippen MR) is 128 cm³/mol. The van der Waals surface area contributed by atoms with Crippen LogP contribution in [-0.2, 0) is 0 Å². The highest BCUT2D eigenvalue weighted by Crippen LogP contribution is 2.30. The summed E-state index contributed by atoms with van der Waals surface area (Å²) in [7, 11) is 0. The summed E-state index contributed by atoms with van der Waals surface area (Å²) >= 11 is 0. The van der Waals surface area contributed by atoms with E-state index in [2.05, 4.69) is 6.92 Å². The lowest BCUT2D eigenvalue weighted by molar-refractivity contribution is 0.117. The maximum Gasteiger partial charge on any atom is 0.0448 e. The zero-order chi connectivity index (χ0) is 20.9. The maximum atomic E-state index is 9.37. The van der Waals surface area contributed by atoms with Crippen molar-refractivity contribution in [2.24, 2.45) is 11.7 Å². The van der Waals surface area contributed by atoms with Crippen molar-refractivity contribution >= 4 is 12.4 Å². The van der Waals surface area contributed by atoms with Gasteiger partial charge in [0.25, 0.3) is 0 Å². The van der Waals surface area contributed by atoms with Crippen LogP contribution in [0.25, 0.3) is 0 Å². The molecular weight excluding hydrogens is 386 g/mol. The first-order valence-corrected chi connectivity index (χ1v) is 12.3. The molecule has 1 atom stereocenters. The Balaban J connectivity index is 0. The van der Waals surface area contributed by atoms with E-state index < -0.39 is 5.54 Å². The summed E-state index contributed by atoms with van der Waals surface area (Å²) in [4.78, 5) is 0. The zero-order valence-electron chi connectivity index (χ0n) is 19.3. The van der Waals surface area contributed by atoms with Crippen molar-refractivity contribution in [3.63, 3.8) is 0 Å². The molecule has 4 nitrogen and oxygen atoms in total. The lowest BCUT2D eigenvalue weighted by Crippen LogP contribution is -2.49. The molecule has 0 amide bonds. The number of hydrogen-bond acceptors (Lipinski definition) is 4. The molecule has 0 spiro atoms. The molecule has 0 heterocycles. The van der Waals surface area contributed by atoms with E-state index in [1.165, 1.54) is 83.5 Å². The fourth-order valence-corrected chi connectivity index (χ4v) is 4.41. The molecule has 0 aliphatic carbocycles. The second kappa shape index (κ2) is 22.8. The fraction of sp³-hybridized carbons (Fsp3) is 1.00. The number of aliphatic hydroxyl groups is 3. The first kappa shape index (κ1) is 31.3. The molecule has 0 rings (SSSR count). The topological polar surface area (TPSA) is 86.7 Å². The van der Waals surface area contributed by atoms with Crippen LogP contribution in [0.4, 0.5) is 0 Å². The normalized spacial score (nSPS) is 12.7. The Labute approximate surface area is 187 Å². The first-order valence-electron chi connectivity index (χ1n) is 12.3. The fourth-order valence-electron chi connectivity index (χ4n) is 4.41. The zero-order valence-corrected chi connectivity index (χ0v) is 20.1. The Morgan fingerprint density at radius 3 is 1.31 bits per heavy atom. The van der Waals surface area contributed by atoms with Gasteiger partial charge in [-0.1, -0.05) is 96.8 Å². The van der Waals surface area contributed by atoms with Gasteiger partial charge >= 0.3 is 0 Å². The molecular formula is C24H52ClNO3. The highest BCUT2D eigenvalue weighted by molar-refractivity contribution is 5.85. The number of nitrogens with two attached hydrogens (primary N) is 1. The monoisotopic (exact) mass is 437 g/mol. The van der Waals surface area contributed by atoms with Crippen molar-refractivity contribution in [1.82, 2.24) is 0 Å². The van der Waals surface area contributed by atoms with Crippen LogP contribution in [0.15, 0.2) is 0 Å². The second-order valence-corrected chi connectivity index (χ2v) is 8.77. The summed E-state index contributed by atoms with van der Waals surface area (Å²) in [5.74, 6) is 0.175. The van der Waals surface area contributed by atoms with Crippen LogP contribution in [-0.4, -0.2) is 40.7 Å². The summed E-state index contributed by atoms with van der Waals surface area (Å²) in [6, 6.07) is 0. The van der Waals surface area contributed by atoms with Gasteiger partial charge in [-0.05, 0) is 31.6 Å². The van der Waals surface area contributed by atoms with Crippen LogP contribution in [0.5, 0.6) is 0 Å². The van der Waals surface area contributed by atoms with E-state index in [9.17, 15) is 15.3 Å². The first-order chi connectivity index (χ1) is 13.6. The third-order valence-corrected chi connectivity index (χ3v) is 6.35. The van der Waals surface area contributed by atoms with E-state index in [4.69, 9.17) is 5.73 Å². The molecule has 0 aromatic heterocycles. The van der Waals surface area contributed by atoms with Gasteiger partial charge in [-0.3, -0.25) is 0 Å². The van der Waals surface area contributed by atoms with Crippen molar-refractivity contribution in [2.45, 2.75) is 128 Å². The SMILES string of the molecule is CCCCCCCCCCCCCCCCC(CCO)C(N)(CCO)CCO.Cl. The van der Waals surface area contributed by atoms with Gasteiger partial charge in [0.1, 0.15) is 0 Å². The van der Waals surface area contributed by atoms with Gasteiger partial charge in [-0.2, -0.15) is 0 Å². The Morgan fingerprint density at radius 2 is 0.966 bits per heavy atom. The van der Waals surface area contributed by atoms with E-state index in [1.54, 1.807) is 0 Å². The molecule has 0 radical (unpaired) electrons. The quantitative estimate of drug-likeness (QED) is 0.163. The van der Waals surface area contributed by atoms with Crippen molar-refractivity contribution in [1.29, 1.82) is 0 Å². The molecule has 0 saturated heterocycles. The van der Waals surface area contributed by atoms with Gasteiger partial charge in [0, 0.05) is 25.4 Å². The highest BCUT2D eigenvalue weighted by atomic mass is 35.5. The molecule has 0 aromatic carbocycles. The molecule has 0 bridgehead atoms. The van der Waals surface area contributed by atoms with Crippen molar-refractivity contribution in [2.75, 3.05) is 19.8 Å². The van der Waals surface area contributed by atoms with E-state index in [0.29, 0.717) is 19.3 Å². The van der Waals surface area contributed by atoms with Gasteiger partial charge in [0.2, 0.25) is 0 Å². The summed E-state index contributed by atoms with van der Waals surface area (Å²) in [5.41, 5.74) is 5.92. The summed E-state index contributed by atoms with van der Waals surface area (Å²) in [5, 5.41) is 28.0. The summed E-state index contributed by atoms with van der Waals surface area (Å²) in [6.45, 7) is 2.47. The lowest BCUT2D eigenvalue weighted by Gasteiger charge is -2.37. The van der Waals surface area contributed by atoms with Gasteiger partial charge < -0.3 is 21.1 Å². The van der Waals surface area contributed by atoms with Crippen LogP contribution in [0.1, 0.15) is 122 Å². The molecule has 178 valence electrons. The van der Waals surface area contributed by atoms with Crippen molar-refractivity contribution in [3.8, 4) is 0 Å². The molecule has 29 heavy (non-hydrogen) atoms. The van der Waals surface area contributed by atoms with Crippen molar-refractivity contribution in [3.05, 3.63) is 0 Å². The lowest BCUT2D eigenvalue weighted by atomic mass is 9.75. The van der Waals surface area contributed by atoms with Gasteiger partial charge in [-0.15, -0.1) is 12.4 Å². The van der Waals surface area contributed by atoms with E-state index in [0.717, 1.165) is 12.8 Å². The smallest absolute Gasteiger partial charge is 0.0448 e. The molecule has 0 saturated carbocycles. The molecule has 0 aliphatic rings. The third kappa shape index (κ3) is 17.5. The van der Waals surface area contributed by atoms with E-state index in [1.807, 2.05) is 0 Å². The minimum atomic E-state index is -0.553. The predicted octanol–water partition coefficient (Wildman–Crippen LogP) is 5.74. The van der Waals surface area contributed by atoms with Crippen LogP contribution >= 0.6 is 12.4 Å². The van der Waals surface area contributed by atoms with Gasteiger partial charge in [0.15, 0.2) is 0 Å². The molecule has 0 aliphatic heterocycles. The molecule has 1 unspecified atom stereocenters. The average molecular weight is 438 g/mol. The Hall–Kier alpha value is 0.130. The van der Waals surface area contributed by atoms with Crippen LogP contribution in [0.3, 0.4) is 0 Å². The number of halogens is 1. The number of rotatable bonds is 22. The number of hydrogen-bond donors (Lipinski definition) is 4. The maximum absolute atomic E-state index is 9.37. The van der Waals surface area contributed by atoms with Crippen LogP contribution in [0.2, 0.25) is 0 Å². The molecule has 0 fully saturated rings. The van der Waals surface area contributed by atoms with E-state index >= 15 is 0 Å². The minimum absolute atomic E-state index is 0. The Morgan fingerprint density at radius 1 is 0.586 bits per heavy atom. The second-order valence-electron chi connectivity index (χ2n) is 8.77. The van der Waals surface area contributed by atoms with Crippen LogP contribution in [0, 0.1) is 5.92 Å². The summed E-state index contributed by atoms with van der Waals surface area (Å²) in [6.07, 6.45) is 21.5. The molecule has 5 N–H and O–H groups in total. The number of aliphatic hydroxyl groups excluding tert-OH is 3. The third-order valence-electron chi connectivity index (χ3n) is 6.35. The number of unbranched alkanes of at least 4 members (excludes halogenated alkanes) is 13. The van der Waals surface area contributed by atoms with Gasteiger partial charge in [-0.25, -0.2) is 0 Å². The largest absolute Gasteiger partial charge is 0.396 e. The standard InChI is InChI=1S/C24H51NO3.ClH/c1-2-3-4-5-6-7-8-9-10-11-12-13-14-15-16-23(17-20-26)24(25,18-21-27)19-22-28;/h23,26-28H,2-22,25H2,1H3;1H. The van der Waals surface area contributed by atoms with Gasteiger partial charge in [0.05, 0.1) is 0 Å². The Bertz CT molecular complexity index is 313. The molecule has 5 heteroatoms. The summed E-state index contributed by atoms with van der Waals surface area (Å²) < 4.78 is 0. The Kier molecular flexibility index (Phi) is 24.6. The highest BCUT2D eigenvalue weighted by Gasteiger charge is 2.33. The van der Waals surface area contributed by atoms with E-state index in [-0.39, 0.29) is 38.1 Å². The van der Waals surface area contributed by atoms with Crippen LogP contribution < -0.4 is 5.73 Å². The molecule has 0 aromatic rings. The minimum Gasteiger partial charge on any atom is -0.396 e. The average Bonchev–Trinajstić information content (AvgIpc) is 2.67.